The molecule has 0 spiro atoms. The number of hydrogen-bond donors (Lipinski definition) is 2. The van der Waals surface area contributed by atoms with Gasteiger partial charge in [-0.15, -0.1) is 0 Å². The number of hydrazine groups is 1. The molecule has 3 rings (SSSR count). The highest BCUT2D eigenvalue weighted by Gasteiger charge is 2.18. The van der Waals surface area contributed by atoms with Crippen molar-refractivity contribution in [3.63, 3.8) is 0 Å². The zero-order valence-corrected chi connectivity index (χ0v) is 15.3. The molecule has 0 atom stereocenters. The van der Waals surface area contributed by atoms with Crippen LogP contribution in [0.2, 0.25) is 0 Å². The van der Waals surface area contributed by atoms with E-state index in [9.17, 15) is 9.59 Å². The fraction of sp³-hybridized carbons (Fsp3) is 0.200. The first-order valence-electron chi connectivity index (χ1n) is 8.33. The van der Waals surface area contributed by atoms with Gasteiger partial charge in [0.2, 0.25) is 0 Å². The molecule has 7 heteroatoms. The Morgan fingerprint density at radius 3 is 2.59 bits per heavy atom. The molecule has 7 nitrogen and oxygen atoms in total. The third-order valence-electron chi connectivity index (χ3n) is 4.02. The van der Waals surface area contributed by atoms with Crippen molar-refractivity contribution >= 4 is 22.8 Å². The molecule has 1 heterocycles. The van der Waals surface area contributed by atoms with Crippen LogP contribution >= 0.6 is 0 Å². The smallest absolute Gasteiger partial charge is 0.305 e. The number of amides is 2. The number of ether oxygens (including phenoxy) is 2. The van der Waals surface area contributed by atoms with Crippen LogP contribution in [-0.2, 0) is 4.79 Å². The molecule has 0 aliphatic heterocycles. The molecule has 27 heavy (non-hydrogen) atoms. The van der Waals surface area contributed by atoms with E-state index in [4.69, 9.17) is 13.9 Å². The Kier molecular flexibility index (Phi) is 5.30. The fourth-order valence-electron chi connectivity index (χ4n) is 2.62. The van der Waals surface area contributed by atoms with Crippen molar-refractivity contribution < 1.29 is 23.5 Å². The van der Waals surface area contributed by atoms with E-state index in [-0.39, 0.29) is 12.4 Å². The summed E-state index contributed by atoms with van der Waals surface area (Å²) in [6.45, 7) is 3.47. The highest BCUT2D eigenvalue weighted by Crippen LogP contribution is 2.28. The van der Waals surface area contributed by atoms with Crippen LogP contribution in [0.3, 0.4) is 0 Å². The molecule has 0 aliphatic carbocycles. The highest BCUT2D eigenvalue weighted by atomic mass is 16.5. The Morgan fingerprint density at radius 1 is 1.04 bits per heavy atom. The van der Waals surface area contributed by atoms with Crippen molar-refractivity contribution in [1.29, 1.82) is 0 Å². The number of furan rings is 1. The summed E-state index contributed by atoms with van der Waals surface area (Å²) in [6, 6.07) is 12.6. The van der Waals surface area contributed by atoms with Gasteiger partial charge in [-0.05, 0) is 49.7 Å². The number of benzene rings is 2. The molecular weight excluding hydrogens is 348 g/mol. The summed E-state index contributed by atoms with van der Waals surface area (Å²) in [5.41, 5.74) is 6.89. The van der Waals surface area contributed by atoms with E-state index >= 15 is 0 Å². The fourth-order valence-corrected chi connectivity index (χ4v) is 2.62. The summed E-state index contributed by atoms with van der Waals surface area (Å²) >= 11 is 0. The van der Waals surface area contributed by atoms with Gasteiger partial charge in [0.25, 0.3) is 5.91 Å². The number of rotatable bonds is 5. The van der Waals surface area contributed by atoms with Gasteiger partial charge in [0.15, 0.2) is 12.4 Å². The Labute approximate surface area is 156 Å². The molecule has 0 saturated heterocycles. The van der Waals surface area contributed by atoms with Crippen molar-refractivity contribution in [2.24, 2.45) is 0 Å². The van der Waals surface area contributed by atoms with Gasteiger partial charge in [-0.1, -0.05) is 12.1 Å². The summed E-state index contributed by atoms with van der Waals surface area (Å²) in [5.74, 6) is 0.337. The zero-order chi connectivity index (χ0) is 19.4. The van der Waals surface area contributed by atoms with E-state index in [2.05, 4.69) is 10.9 Å². The number of carbonyl (C=O) groups excluding carboxylic acids is 2. The molecule has 2 aromatic carbocycles. The summed E-state index contributed by atoms with van der Waals surface area (Å²) in [7, 11) is 1.57. The Morgan fingerprint density at radius 2 is 1.85 bits per heavy atom. The predicted molar refractivity (Wildman–Crippen MR) is 99.8 cm³/mol. The van der Waals surface area contributed by atoms with E-state index in [1.165, 1.54) is 0 Å². The molecule has 0 unspecified atom stereocenters. The largest absolute Gasteiger partial charge is 0.497 e. The lowest BCUT2D eigenvalue weighted by Crippen LogP contribution is -2.43. The number of aryl methyl sites for hydroxylation is 2. The van der Waals surface area contributed by atoms with Crippen LogP contribution in [0.15, 0.2) is 46.9 Å². The third kappa shape index (κ3) is 4.20. The van der Waals surface area contributed by atoms with Crippen LogP contribution in [0.1, 0.15) is 21.7 Å². The van der Waals surface area contributed by atoms with Crippen molar-refractivity contribution in [3.05, 3.63) is 59.4 Å². The van der Waals surface area contributed by atoms with E-state index in [1.807, 2.05) is 25.1 Å². The maximum atomic E-state index is 12.3. The summed E-state index contributed by atoms with van der Waals surface area (Å²) in [4.78, 5) is 24.2. The summed E-state index contributed by atoms with van der Waals surface area (Å²) < 4.78 is 16.2. The van der Waals surface area contributed by atoms with Crippen LogP contribution in [0.4, 0.5) is 0 Å². The van der Waals surface area contributed by atoms with Gasteiger partial charge >= 0.3 is 5.91 Å². The maximum absolute atomic E-state index is 12.3. The SMILES string of the molecule is COc1ccc2oc(C(=O)NNC(=O)COc3cccc(C)c3)c(C)c2c1. The molecule has 1 aromatic heterocycles. The molecule has 3 aromatic rings. The first-order chi connectivity index (χ1) is 13.0. The average molecular weight is 368 g/mol. The number of nitrogens with one attached hydrogen (secondary N) is 2. The van der Waals surface area contributed by atoms with Crippen molar-refractivity contribution in [2.75, 3.05) is 13.7 Å². The minimum atomic E-state index is -0.549. The van der Waals surface area contributed by atoms with Crippen LogP contribution in [0.5, 0.6) is 11.5 Å². The Bertz CT molecular complexity index is 993. The number of hydrogen-bond acceptors (Lipinski definition) is 5. The molecule has 2 N–H and O–H groups in total. The number of fused-ring (bicyclic) bond motifs is 1. The normalized spacial score (nSPS) is 10.5. The quantitative estimate of drug-likeness (QED) is 0.676. The minimum absolute atomic E-state index is 0.123. The topological polar surface area (TPSA) is 89.8 Å². The lowest BCUT2D eigenvalue weighted by atomic mass is 10.1. The van der Waals surface area contributed by atoms with E-state index in [0.29, 0.717) is 22.6 Å². The Balaban J connectivity index is 1.59. The van der Waals surface area contributed by atoms with Crippen LogP contribution in [0.25, 0.3) is 11.0 Å². The Hall–Kier alpha value is -3.48. The molecule has 2 amide bonds. The summed E-state index contributed by atoms with van der Waals surface area (Å²) in [5, 5.41) is 0.772. The molecule has 0 radical (unpaired) electrons. The molecular formula is C20H20N2O5. The summed E-state index contributed by atoms with van der Waals surface area (Å²) in [6.07, 6.45) is 0. The third-order valence-corrected chi connectivity index (χ3v) is 4.02. The van der Waals surface area contributed by atoms with Crippen molar-refractivity contribution in [2.45, 2.75) is 13.8 Å². The van der Waals surface area contributed by atoms with E-state index in [0.717, 1.165) is 10.9 Å². The lowest BCUT2D eigenvalue weighted by molar-refractivity contribution is -0.123. The van der Waals surface area contributed by atoms with E-state index in [1.54, 1.807) is 38.3 Å². The van der Waals surface area contributed by atoms with Gasteiger partial charge < -0.3 is 13.9 Å². The first kappa shape index (κ1) is 18.3. The second-order valence-corrected chi connectivity index (χ2v) is 6.03. The van der Waals surface area contributed by atoms with Crippen LogP contribution < -0.4 is 20.3 Å². The maximum Gasteiger partial charge on any atom is 0.305 e. The van der Waals surface area contributed by atoms with Crippen molar-refractivity contribution in [1.82, 2.24) is 10.9 Å². The molecule has 0 saturated carbocycles. The number of carbonyl (C=O) groups is 2. The monoisotopic (exact) mass is 368 g/mol. The first-order valence-corrected chi connectivity index (χ1v) is 8.33. The second kappa shape index (κ2) is 7.82. The highest BCUT2D eigenvalue weighted by molar-refractivity contribution is 5.99. The van der Waals surface area contributed by atoms with Gasteiger partial charge in [-0.3, -0.25) is 20.4 Å². The predicted octanol–water partition coefficient (Wildman–Crippen LogP) is 2.90. The molecule has 140 valence electrons. The van der Waals surface area contributed by atoms with E-state index < -0.39 is 11.8 Å². The van der Waals surface area contributed by atoms with Crippen LogP contribution in [0, 0.1) is 13.8 Å². The second-order valence-electron chi connectivity index (χ2n) is 6.03. The van der Waals surface area contributed by atoms with Gasteiger partial charge in [-0.2, -0.15) is 0 Å². The van der Waals surface area contributed by atoms with Crippen molar-refractivity contribution in [3.8, 4) is 11.5 Å². The van der Waals surface area contributed by atoms with Gasteiger partial charge in [0, 0.05) is 10.9 Å². The molecule has 0 fully saturated rings. The zero-order valence-electron chi connectivity index (χ0n) is 15.3. The van der Waals surface area contributed by atoms with Gasteiger partial charge in [-0.25, -0.2) is 0 Å². The molecule has 0 bridgehead atoms. The standard InChI is InChI=1S/C20H20N2O5/c1-12-5-4-6-15(9-12)26-11-18(23)21-22-20(24)19-13(2)16-10-14(25-3)7-8-17(16)27-19/h4-10H,11H2,1-3H3,(H,21,23)(H,22,24). The van der Waals surface area contributed by atoms with Crippen LogP contribution in [-0.4, -0.2) is 25.5 Å². The minimum Gasteiger partial charge on any atom is -0.497 e. The molecule has 0 aliphatic rings. The lowest BCUT2D eigenvalue weighted by Gasteiger charge is -2.08. The van der Waals surface area contributed by atoms with Gasteiger partial charge in [0.1, 0.15) is 17.1 Å². The van der Waals surface area contributed by atoms with Gasteiger partial charge in [0.05, 0.1) is 7.11 Å². The number of methoxy groups -OCH3 is 1. The average Bonchev–Trinajstić information content (AvgIpc) is 3.00.